The van der Waals surface area contributed by atoms with Gasteiger partial charge in [-0.05, 0) is 37.1 Å². The molecule has 0 saturated carbocycles. The summed E-state index contributed by atoms with van der Waals surface area (Å²) in [5, 5.41) is 13.6. The number of amides is 2. The van der Waals surface area contributed by atoms with Gasteiger partial charge in [0, 0.05) is 19.2 Å². The molecule has 2 aromatic carbocycles. The van der Waals surface area contributed by atoms with Crippen molar-refractivity contribution in [3.63, 3.8) is 0 Å². The van der Waals surface area contributed by atoms with Crippen molar-refractivity contribution in [3.8, 4) is 0 Å². The van der Waals surface area contributed by atoms with E-state index in [9.17, 15) is 28.1 Å². The molecule has 9 heteroatoms. The van der Waals surface area contributed by atoms with Crippen molar-refractivity contribution in [1.82, 2.24) is 10.2 Å². The van der Waals surface area contributed by atoms with Gasteiger partial charge in [-0.3, -0.25) is 10.1 Å². The quantitative estimate of drug-likeness (QED) is 0.567. The highest BCUT2D eigenvalue weighted by atomic mass is 19.4. The summed E-state index contributed by atoms with van der Waals surface area (Å²) in [6.45, 7) is 3.28. The number of non-ortho nitro benzene ring substituents is 1. The number of halogens is 3. The maximum Gasteiger partial charge on any atom is 0.416 e. The summed E-state index contributed by atoms with van der Waals surface area (Å²) in [5.41, 5.74) is 0.0121. The van der Waals surface area contributed by atoms with E-state index in [0.29, 0.717) is 11.1 Å². The lowest BCUT2D eigenvalue weighted by Crippen LogP contribution is -2.40. The fourth-order valence-electron chi connectivity index (χ4n) is 2.65. The molecular formula is C19H20F3N3O3. The molecule has 0 spiro atoms. The Morgan fingerprint density at radius 3 is 2.32 bits per heavy atom. The monoisotopic (exact) mass is 395 g/mol. The summed E-state index contributed by atoms with van der Waals surface area (Å²) in [6, 6.07) is 9.03. The second-order valence-corrected chi connectivity index (χ2v) is 6.43. The topological polar surface area (TPSA) is 75.5 Å². The zero-order chi connectivity index (χ0) is 21.1. The lowest BCUT2D eigenvalue weighted by Gasteiger charge is -2.27. The molecule has 28 heavy (non-hydrogen) atoms. The Balaban J connectivity index is 2.11. The third-order valence-electron chi connectivity index (χ3n) is 4.52. The van der Waals surface area contributed by atoms with Gasteiger partial charge in [0.2, 0.25) is 0 Å². The second-order valence-electron chi connectivity index (χ2n) is 6.43. The first kappa shape index (κ1) is 21.2. The molecule has 0 fully saturated rings. The first-order valence-corrected chi connectivity index (χ1v) is 8.45. The number of urea groups is 1. The number of nitro benzene ring substituents is 1. The molecule has 0 aromatic heterocycles. The van der Waals surface area contributed by atoms with E-state index in [2.05, 4.69) is 5.32 Å². The zero-order valence-corrected chi connectivity index (χ0v) is 15.5. The molecule has 2 atom stereocenters. The number of hydrogen-bond donors (Lipinski definition) is 1. The first-order valence-electron chi connectivity index (χ1n) is 8.45. The van der Waals surface area contributed by atoms with Crippen LogP contribution in [-0.4, -0.2) is 22.9 Å². The van der Waals surface area contributed by atoms with Crippen LogP contribution in [0.15, 0.2) is 48.5 Å². The first-order chi connectivity index (χ1) is 13.0. The average Bonchev–Trinajstić information content (AvgIpc) is 2.66. The van der Waals surface area contributed by atoms with Crippen LogP contribution >= 0.6 is 0 Å². The highest BCUT2D eigenvalue weighted by molar-refractivity contribution is 5.75. The summed E-state index contributed by atoms with van der Waals surface area (Å²) >= 11 is 0. The van der Waals surface area contributed by atoms with Crippen molar-refractivity contribution < 1.29 is 22.9 Å². The van der Waals surface area contributed by atoms with Crippen LogP contribution in [0.5, 0.6) is 0 Å². The van der Waals surface area contributed by atoms with Crippen molar-refractivity contribution >= 4 is 11.7 Å². The maximum atomic E-state index is 12.9. The van der Waals surface area contributed by atoms with E-state index >= 15 is 0 Å². The lowest BCUT2D eigenvalue weighted by atomic mass is 10.0. The van der Waals surface area contributed by atoms with E-state index in [1.54, 1.807) is 19.9 Å². The van der Waals surface area contributed by atoms with E-state index < -0.39 is 34.8 Å². The van der Waals surface area contributed by atoms with Crippen LogP contribution in [0, 0.1) is 10.1 Å². The molecule has 0 radical (unpaired) electrons. The molecule has 0 aliphatic heterocycles. The minimum atomic E-state index is -4.47. The van der Waals surface area contributed by atoms with Crippen molar-refractivity contribution in [2.24, 2.45) is 0 Å². The SMILES string of the molecule is C[C@H](NC(=O)N(C)[C@H](C)c1cccc([N+](=O)[O-])c1)c1cccc(C(F)(F)F)c1. The Hall–Kier alpha value is -3.10. The van der Waals surface area contributed by atoms with Crippen LogP contribution in [0.3, 0.4) is 0 Å². The predicted molar refractivity (Wildman–Crippen MR) is 97.7 cm³/mol. The summed E-state index contributed by atoms with van der Waals surface area (Å²) in [7, 11) is 1.51. The molecule has 0 aliphatic carbocycles. The molecule has 150 valence electrons. The minimum Gasteiger partial charge on any atom is -0.331 e. The van der Waals surface area contributed by atoms with Crippen LogP contribution in [0.2, 0.25) is 0 Å². The molecule has 2 rings (SSSR count). The standard InChI is InChI=1S/C19H20F3N3O3/c1-12(14-6-4-8-16(10-14)19(20,21)22)23-18(26)24(3)13(2)15-7-5-9-17(11-15)25(27)28/h4-13H,1-3H3,(H,23,26)/t12-,13+/m0/s1. The van der Waals surface area contributed by atoms with Gasteiger partial charge in [0.25, 0.3) is 5.69 Å². The van der Waals surface area contributed by atoms with Gasteiger partial charge in [0.05, 0.1) is 22.6 Å². The van der Waals surface area contributed by atoms with Crippen molar-refractivity contribution in [2.75, 3.05) is 7.05 Å². The van der Waals surface area contributed by atoms with E-state index in [4.69, 9.17) is 0 Å². The van der Waals surface area contributed by atoms with Crippen LogP contribution in [0.25, 0.3) is 0 Å². The Morgan fingerprint density at radius 2 is 1.71 bits per heavy atom. The molecule has 1 N–H and O–H groups in total. The number of carbonyl (C=O) groups excluding carboxylic acids is 1. The molecule has 6 nitrogen and oxygen atoms in total. The Kier molecular flexibility index (Phi) is 6.27. The van der Waals surface area contributed by atoms with Gasteiger partial charge in [0.1, 0.15) is 0 Å². The molecule has 0 unspecified atom stereocenters. The number of benzene rings is 2. The van der Waals surface area contributed by atoms with Crippen molar-refractivity contribution in [3.05, 3.63) is 75.3 Å². The van der Waals surface area contributed by atoms with Gasteiger partial charge in [-0.1, -0.05) is 24.3 Å². The zero-order valence-electron chi connectivity index (χ0n) is 15.5. The number of nitro groups is 1. The number of carbonyl (C=O) groups is 1. The molecule has 0 heterocycles. The van der Waals surface area contributed by atoms with Crippen molar-refractivity contribution in [2.45, 2.75) is 32.1 Å². The van der Waals surface area contributed by atoms with E-state index in [0.717, 1.165) is 12.1 Å². The number of nitrogens with one attached hydrogen (secondary N) is 1. The van der Waals surface area contributed by atoms with Crippen LogP contribution < -0.4 is 5.32 Å². The molecule has 2 aromatic rings. The van der Waals surface area contributed by atoms with Gasteiger partial charge >= 0.3 is 12.2 Å². The largest absolute Gasteiger partial charge is 0.416 e. The highest BCUT2D eigenvalue weighted by Gasteiger charge is 2.31. The van der Waals surface area contributed by atoms with Gasteiger partial charge in [0.15, 0.2) is 0 Å². The predicted octanol–water partition coefficient (Wildman–Crippen LogP) is 5.08. The summed E-state index contributed by atoms with van der Waals surface area (Å²) in [6.07, 6.45) is -4.47. The molecule has 0 bridgehead atoms. The summed E-state index contributed by atoms with van der Waals surface area (Å²) in [5.74, 6) is 0. The Labute approximate surface area is 160 Å². The van der Waals surface area contributed by atoms with Crippen LogP contribution in [0.1, 0.15) is 42.6 Å². The fourth-order valence-corrected chi connectivity index (χ4v) is 2.65. The van der Waals surface area contributed by atoms with Gasteiger partial charge in [-0.15, -0.1) is 0 Å². The average molecular weight is 395 g/mol. The van der Waals surface area contributed by atoms with E-state index in [1.807, 2.05) is 0 Å². The van der Waals surface area contributed by atoms with Crippen LogP contribution in [-0.2, 0) is 6.18 Å². The van der Waals surface area contributed by atoms with Crippen molar-refractivity contribution in [1.29, 1.82) is 0 Å². The smallest absolute Gasteiger partial charge is 0.331 e. The van der Waals surface area contributed by atoms with E-state index in [1.165, 1.54) is 42.3 Å². The molecule has 0 saturated heterocycles. The summed E-state index contributed by atoms with van der Waals surface area (Å²) in [4.78, 5) is 24.2. The van der Waals surface area contributed by atoms with Crippen LogP contribution in [0.4, 0.5) is 23.7 Å². The fraction of sp³-hybridized carbons (Fsp3) is 0.316. The minimum absolute atomic E-state index is 0.0875. The molecule has 2 amide bonds. The van der Waals surface area contributed by atoms with Gasteiger partial charge in [-0.2, -0.15) is 13.2 Å². The number of rotatable bonds is 5. The van der Waals surface area contributed by atoms with E-state index in [-0.39, 0.29) is 5.69 Å². The Morgan fingerprint density at radius 1 is 1.11 bits per heavy atom. The second kappa shape index (κ2) is 8.28. The third kappa shape index (κ3) is 4.99. The number of alkyl halides is 3. The number of nitrogens with zero attached hydrogens (tertiary/aromatic N) is 2. The maximum absolute atomic E-state index is 12.9. The summed E-state index contributed by atoms with van der Waals surface area (Å²) < 4.78 is 38.6. The van der Waals surface area contributed by atoms with Gasteiger partial charge in [-0.25, -0.2) is 4.79 Å². The molecule has 0 aliphatic rings. The lowest BCUT2D eigenvalue weighted by molar-refractivity contribution is -0.384. The highest BCUT2D eigenvalue weighted by Crippen LogP contribution is 2.31. The molecular weight excluding hydrogens is 375 g/mol. The number of hydrogen-bond acceptors (Lipinski definition) is 3. The Bertz CT molecular complexity index is 871. The third-order valence-corrected chi connectivity index (χ3v) is 4.52. The normalized spacial score (nSPS) is 13.5. The van der Waals surface area contributed by atoms with Gasteiger partial charge < -0.3 is 10.2 Å².